The number of H-pyrrole nitrogens is 1. The van der Waals surface area contributed by atoms with Crippen LogP contribution >= 0.6 is 15.9 Å². The van der Waals surface area contributed by atoms with E-state index in [-0.39, 0.29) is 11.0 Å². The first-order valence-electron chi connectivity index (χ1n) is 3.52. The van der Waals surface area contributed by atoms with Crippen molar-refractivity contribution in [3.05, 3.63) is 38.7 Å². The van der Waals surface area contributed by atoms with Gasteiger partial charge >= 0.3 is 0 Å². The number of fused-ring (bicyclic) bond motifs is 1. The number of nitriles is 1. The van der Waals surface area contributed by atoms with Gasteiger partial charge in [-0.25, -0.2) is 0 Å². The van der Waals surface area contributed by atoms with E-state index in [1.807, 2.05) is 6.07 Å². The van der Waals surface area contributed by atoms with Crippen LogP contribution in [0, 0.1) is 11.3 Å². The van der Waals surface area contributed by atoms with Gasteiger partial charge in [-0.15, -0.1) is 0 Å². The van der Waals surface area contributed by atoms with E-state index in [9.17, 15) is 4.79 Å². The Kier molecular flexibility index (Phi) is 1.71. The summed E-state index contributed by atoms with van der Waals surface area (Å²) in [4.78, 5) is 11.5. The van der Waals surface area contributed by atoms with Gasteiger partial charge in [-0.3, -0.25) is 9.31 Å². The summed E-state index contributed by atoms with van der Waals surface area (Å²) in [6, 6.07) is 3.49. The van der Waals surface area contributed by atoms with Crippen LogP contribution in [-0.4, -0.2) is 9.61 Å². The van der Waals surface area contributed by atoms with Gasteiger partial charge in [-0.1, -0.05) is 0 Å². The number of rotatable bonds is 0. The summed E-state index contributed by atoms with van der Waals surface area (Å²) >= 11 is 3.24. The maximum absolute atomic E-state index is 11.5. The zero-order valence-electron chi connectivity index (χ0n) is 6.41. The van der Waals surface area contributed by atoms with E-state index >= 15 is 0 Å². The molecule has 0 aliphatic carbocycles. The van der Waals surface area contributed by atoms with Gasteiger partial charge in [0.05, 0.1) is 0 Å². The highest BCUT2D eigenvalue weighted by molar-refractivity contribution is 9.10. The number of hydrogen-bond acceptors (Lipinski definition) is 2. The molecule has 0 aliphatic heterocycles. The first-order chi connectivity index (χ1) is 6.22. The minimum Gasteiger partial charge on any atom is -0.300 e. The molecule has 0 spiro atoms. The van der Waals surface area contributed by atoms with Crippen molar-refractivity contribution in [2.45, 2.75) is 0 Å². The van der Waals surface area contributed by atoms with Gasteiger partial charge in [0.25, 0.3) is 0 Å². The predicted octanol–water partition coefficient (Wildman–Crippen LogP) is 1.26. The normalized spacial score (nSPS) is 10.2. The molecule has 0 saturated heterocycles. The second kappa shape index (κ2) is 2.75. The van der Waals surface area contributed by atoms with Crippen LogP contribution in [0.5, 0.6) is 0 Å². The quantitative estimate of drug-likeness (QED) is 0.750. The Labute approximate surface area is 81.5 Å². The van der Waals surface area contributed by atoms with E-state index in [1.165, 1.54) is 6.20 Å². The van der Waals surface area contributed by atoms with Gasteiger partial charge in [0.15, 0.2) is 0 Å². The van der Waals surface area contributed by atoms with Gasteiger partial charge in [-0.05, 0) is 22.0 Å². The van der Waals surface area contributed by atoms with E-state index in [4.69, 9.17) is 5.26 Å². The molecule has 0 atom stereocenters. The van der Waals surface area contributed by atoms with Crippen LogP contribution in [0.15, 0.2) is 27.7 Å². The summed E-state index contributed by atoms with van der Waals surface area (Å²) in [5.74, 6) is 0. The fourth-order valence-corrected chi connectivity index (χ4v) is 1.55. The molecule has 0 radical (unpaired) electrons. The molecule has 1 N–H and O–H groups in total. The highest BCUT2D eigenvalue weighted by atomic mass is 79.9. The van der Waals surface area contributed by atoms with Crippen molar-refractivity contribution in [2.24, 2.45) is 0 Å². The summed E-state index contributed by atoms with van der Waals surface area (Å²) in [6.07, 6.45) is 3.11. The highest BCUT2D eigenvalue weighted by Crippen LogP contribution is 2.11. The van der Waals surface area contributed by atoms with E-state index in [0.29, 0.717) is 5.52 Å². The Balaban J connectivity index is 2.96. The lowest BCUT2D eigenvalue weighted by molar-refractivity contribution is 0.929. The van der Waals surface area contributed by atoms with E-state index in [2.05, 4.69) is 21.0 Å². The first kappa shape index (κ1) is 8.08. The maximum atomic E-state index is 11.5. The molecule has 0 saturated carbocycles. The molecular formula is C8H4BrN3O. The second-order valence-electron chi connectivity index (χ2n) is 2.54. The third-order valence-corrected chi connectivity index (χ3v) is 2.17. The van der Waals surface area contributed by atoms with Gasteiger partial charge in [0, 0.05) is 16.9 Å². The second-order valence-corrected chi connectivity index (χ2v) is 3.46. The minimum atomic E-state index is -0.257. The molecule has 5 heteroatoms. The fraction of sp³-hybridized carbons (Fsp3) is 0. The number of halogens is 1. The largest absolute Gasteiger partial charge is 0.300 e. The number of nitrogens with zero attached hydrogens (tertiary/aromatic N) is 2. The lowest BCUT2D eigenvalue weighted by Gasteiger charge is -1.93. The van der Waals surface area contributed by atoms with Crippen molar-refractivity contribution in [1.82, 2.24) is 9.61 Å². The Morgan fingerprint density at radius 2 is 2.38 bits per heavy atom. The van der Waals surface area contributed by atoms with Gasteiger partial charge in [0.2, 0.25) is 5.43 Å². The van der Waals surface area contributed by atoms with Crippen LogP contribution in [0.3, 0.4) is 0 Å². The van der Waals surface area contributed by atoms with Gasteiger partial charge in [-0.2, -0.15) is 5.26 Å². The molecule has 2 aromatic heterocycles. The zero-order chi connectivity index (χ0) is 9.42. The monoisotopic (exact) mass is 237 g/mol. The van der Waals surface area contributed by atoms with Crippen LogP contribution in [0.2, 0.25) is 0 Å². The Bertz CT molecular complexity index is 561. The van der Waals surface area contributed by atoms with Crippen molar-refractivity contribution in [3.63, 3.8) is 0 Å². The molecule has 2 rings (SSSR count). The van der Waals surface area contributed by atoms with Crippen LogP contribution in [-0.2, 0) is 0 Å². The van der Waals surface area contributed by atoms with E-state index in [1.54, 1.807) is 16.8 Å². The number of aromatic nitrogens is 2. The number of nitrogens with one attached hydrogen (secondary N) is 1. The minimum absolute atomic E-state index is 0.123. The van der Waals surface area contributed by atoms with Crippen LogP contribution in [0.1, 0.15) is 5.56 Å². The lowest BCUT2D eigenvalue weighted by atomic mass is 10.3. The Hall–Kier alpha value is -1.54. The third kappa shape index (κ3) is 1.15. The van der Waals surface area contributed by atoms with Crippen LogP contribution < -0.4 is 5.43 Å². The smallest absolute Gasteiger partial charge is 0.223 e. The number of aromatic amines is 1. The molecule has 0 aromatic carbocycles. The number of hydrogen-bond donors (Lipinski definition) is 1. The first-order valence-corrected chi connectivity index (χ1v) is 4.31. The Morgan fingerprint density at radius 3 is 3.08 bits per heavy atom. The van der Waals surface area contributed by atoms with E-state index in [0.717, 1.165) is 4.47 Å². The SMILES string of the molecule is N#Cc1c[nH]n2cc(Br)cc2c1=O. The molecule has 0 amide bonds. The van der Waals surface area contributed by atoms with Crippen LogP contribution in [0.25, 0.3) is 5.52 Å². The molecule has 2 aromatic rings. The van der Waals surface area contributed by atoms with Crippen molar-refractivity contribution in [3.8, 4) is 6.07 Å². The summed E-state index contributed by atoms with van der Waals surface area (Å²) in [6.45, 7) is 0. The van der Waals surface area contributed by atoms with E-state index < -0.39 is 0 Å². The molecule has 13 heavy (non-hydrogen) atoms. The average Bonchev–Trinajstić information content (AvgIpc) is 2.47. The zero-order valence-corrected chi connectivity index (χ0v) is 8.00. The maximum Gasteiger partial charge on any atom is 0.223 e. The summed E-state index contributed by atoms with van der Waals surface area (Å²) < 4.78 is 2.36. The summed E-state index contributed by atoms with van der Waals surface area (Å²) in [5, 5.41) is 11.4. The topological polar surface area (TPSA) is 61.1 Å². The molecule has 0 bridgehead atoms. The highest BCUT2D eigenvalue weighted by Gasteiger charge is 2.04. The van der Waals surface area contributed by atoms with Crippen molar-refractivity contribution >= 4 is 21.4 Å². The standard InChI is InChI=1S/C8H4BrN3O/c9-6-1-7-8(13)5(2-10)3-11-12(7)4-6/h1,3-4,11H. The third-order valence-electron chi connectivity index (χ3n) is 1.73. The van der Waals surface area contributed by atoms with Crippen molar-refractivity contribution in [2.75, 3.05) is 0 Å². The van der Waals surface area contributed by atoms with Crippen LogP contribution in [0.4, 0.5) is 0 Å². The summed E-state index contributed by atoms with van der Waals surface area (Å²) in [5.41, 5.74) is 0.330. The Morgan fingerprint density at radius 1 is 1.62 bits per heavy atom. The van der Waals surface area contributed by atoms with Crippen molar-refractivity contribution in [1.29, 1.82) is 5.26 Å². The molecule has 64 valence electrons. The average molecular weight is 238 g/mol. The van der Waals surface area contributed by atoms with Crippen molar-refractivity contribution < 1.29 is 0 Å². The summed E-state index contributed by atoms with van der Waals surface area (Å²) in [7, 11) is 0. The molecule has 0 aliphatic rings. The molecule has 0 unspecified atom stereocenters. The predicted molar refractivity (Wildman–Crippen MR) is 50.4 cm³/mol. The molecule has 0 fully saturated rings. The molecule has 4 nitrogen and oxygen atoms in total. The van der Waals surface area contributed by atoms with Gasteiger partial charge < -0.3 is 5.10 Å². The fourth-order valence-electron chi connectivity index (χ4n) is 1.13. The molecule has 2 heterocycles. The van der Waals surface area contributed by atoms with Gasteiger partial charge in [0.1, 0.15) is 17.1 Å². The molecular weight excluding hydrogens is 234 g/mol. The lowest BCUT2D eigenvalue weighted by Crippen LogP contribution is -2.10.